The number of nitrogens with two attached hydrogens (primary N) is 1. The lowest BCUT2D eigenvalue weighted by Gasteiger charge is -2.26. The second-order valence-electron chi connectivity index (χ2n) is 5.23. The molecule has 1 nitrogen and oxygen atoms in total. The van der Waals surface area contributed by atoms with Crippen molar-refractivity contribution in [2.75, 3.05) is 0 Å². The summed E-state index contributed by atoms with van der Waals surface area (Å²) in [5, 5.41) is 0. The molecule has 0 heterocycles. The van der Waals surface area contributed by atoms with E-state index < -0.39 is 0 Å². The van der Waals surface area contributed by atoms with E-state index in [2.05, 4.69) is 28.1 Å². The molecule has 0 radical (unpaired) electrons. The van der Waals surface area contributed by atoms with Crippen LogP contribution in [0.4, 0.5) is 4.39 Å². The molecule has 1 aliphatic carbocycles. The van der Waals surface area contributed by atoms with Gasteiger partial charge in [0, 0.05) is 10.0 Å². The van der Waals surface area contributed by atoms with Crippen LogP contribution in [0, 0.1) is 5.82 Å². The minimum Gasteiger partial charge on any atom is -0.321 e. The minimum atomic E-state index is -0.382. The van der Waals surface area contributed by atoms with E-state index in [1.807, 2.05) is 12.1 Å². The van der Waals surface area contributed by atoms with E-state index in [1.54, 1.807) is 12.1 Å². The summed E-state index contributed by atoms with van der Waals surface area (Å²) in [5.41, 5.74) is 9.64. The largest absolute Gasteiger partial charge is 0.321 e. The average molecular weight is 320 g/mol. The van der Waals surface area contributed by atoms with Gasteiger partial charge < -0.3 is 5.73 Å². The Morgan fingerprint density at radius 3 is 2.84 bits per heavy atom. The molecule has 0 fully saturated rings. The molecule has 0 aromatic heterocycles. The summed E-state index contributed by atoms with van der Waals surface area (Å²) < 4.78 is 14.3. The van der Waals surface area contributed by atoms with Crippen molar-refractivity contribution in [1.82, 2.24) is 0 Å². The lowest BCUT2D eigenvalue weighted by molar-refractivity contribution is 0.437. The predicted octanol–water partition coefficient (Wildman–Crippen LogP) is 3.93. The summed E-state index contributed by atoms with van der Waals surface area (Å²) in [7, 11) is 0. The number of benzene rings is 2. The Bertz CT molecular complexity index is 626. The summed E-state index contributed by atoms with van der Waals surface area (Å²) in [6.45, 7) is 0. The van der Waals surface area contributed by atoms with Gasteiger partial charge in [-0.1, -0.05) is 40.2 Å². The standard InChI is InChI=1S/C16H15BrFN/c17-15-6-5-13(18)9-12(15)10-16(19)8-7-11-3-1-2-4-14(11)16/h1-6,9H,7-8,10,19H2. The average Bonchev–Trinajstić information content (AvgIpc) is 2.73. The molecule has 0 bridgehead atoms. The molecule has 0 spiro atoms. The Kier molecular flexibility index (Phi) is 3.19. The van der Waals surface area contributed by atoms with Gasteiger partial charge in [-0.15, -0.1) is 0 Å². The maximum Gasteiger partial charge on any atom is 0.123 e. The number of hydrogen-bond donors (Lipinski definition) is 1. The van der Waals surface area contributed by atoms with Crippen LogP contribution in [0.2, 0.25) is 0 Å². The normalized spacial score (nSPS) is 21.4. The highest BCUT2D eigenvalue weighted by molar-refractivity contribution is 9.10. The van der Waals surface area contributed by atoms with E-state index >= 15 is 0 Å². The smallest absolute Gasteiger partial charge is 0.123 e. The molecular weight excluding hydrogens is 305 g/mol. The molecule has 98 valence electrons. The molecule has 0 aliphatic heterocycles. The van der Waals surface area contributed by atoms with Crippen LogP contribution in [0.5, 0.6) is 0 Å². The molecule has 1 unspecified atom stereocenters. The maximum absolute atomic E-state index is 13.4. The van der Waals surface area contributed by atoms with Crippen LogP contribution >= 0.6 is 15.9 Å². The fourth-order valence-electron chi connectivity index (χ4n) is 2.92. The van der Waals surface area contributed by atoms with Crippen molar-refractivity contribution in [3.63, 3.8) is 0 Å². The number of aryl methyl sites for hydroxylation is 1. The van der Waals surface area contributed by atoms with Crippen molar-refractivity contribution >= 4 is 15.9 Å². The lowest BCUT2D eigenvalue weighted by Crippen LogP contribution is -2.36. The highest BCUT2D eigenvalue weighted by Gasteiger charge is 2.35. The predicted molar refractivity (Wildman–Crippen MR) is 78.4 cm³/mol. The van der Waals surface area contributed by atoms with Gasteiger partial charge in [0.05, 0.1) is 0 Å². The fourth-order valence-corrected chi connectivity index (χ4v) is 3.31. The van der Waals surface area contributed by atoms with Crippen LogP contribution in [0.15, 0.2) is 46.9 Å². The second kappa shape index (κ2) is 4.73. The van der Waals surface area contributed by atoms with Crippen LogP contribution < -0.4 is 5.73 Å². The zero-order chi connectivity index (χ0) is 13.5. The SMILES string of the molecule is NC1(Cc2cc(F)ccc2Br)CCc2ccccc21. The molecule has 0 saturated heterocycles. The van der Waals surface area contributed by atoms with Crippen molar-refractivity contribution in [1.29, 1.82) is 0 Å². The first-order chi connectivity index (χ1) is 9.08. The van der Waals surface area contributed by atoms with Crippen molar-refractivity contribution in [3.05, 3.63) is 69.4 Å². The third-order valence-electron chi connectivity index (χ3n) is 3.91. The molecule has 0 saturated carbocycles. The number of fused-ring (bicyclic) bond motifs is 1. The molecule has 2 N–H and O–H groups in total. The van der Waals surface area contributed by atoms with Gasteiger partial charge in [0.15, 0.2) is 0 Å². The molecule has 2 aromatic carbocycles. The van der Waals surface area contributed by atoms with Crippen LogP contribution in [0.25, 0.3) is 0 Å². The first-order valence-electron chi connectivity index (χ1n) is 6.40. The van der Waals surface area contributed by atoms with Crippen molar-refractivity contribution < 1.29 is 4.39 Å². The molecule has 3 heteroatoms. The van der Waals surface area contributed by atoms with Crippen molar-refractivity contribution in [2.45, 2.75) is 24.8 Å². The number of rotatable bonds is 2. The summed E-state index contributed by atoms with van der Waals surface area (Å²) in [6.07, 6.45) is 2.57. The van der Waals surface area contributed by atoms with Crippen LogP contribution in [-0.2, 0) is 18.4 Å². The van der Waals surface area contributed by atoms with Gasteiger partial charge in [0.2, 0.25) is 0 Å². The van der Waals surface area contributed by atoms with Gasteiger partial charge in [-0.25, -0.2) is 4.39 Å². The number of hydrogen-bond acceptors (Lipinski definition) is 1. The molecule has 19 heavy (non-hydrogen) atoms. The van der Waals surface area contributed by atoms with E-state index in [1.165, 1.54) is 17.2 Å². The summed E-state index contributed by atoms with van der Waals surface area (Å²) in [5.74, 6) is -0.215. The van der Waals surface area contributed by atoms with Crippen molar-refractivity contribution in [2.24, 2.45) is 5.73 Å². The summed E-state index contributed by atoms with van der Waals surface area (Å²) >= 11 is 3.48. The zero-order valence-corrected chi connectivity index (χ0v) is 12.1. The quantitative estimate of drug-likeness (QED) is 0.891. The first-order valence-corrected chi connectivity index (χ1v) is 7.19. The Hall–Kier alpha value is -1.19. The van der Waals surface area contributed by atoms with E-state index in [4.69, 9.17) is 5.73 Å². The van der Waals surface area contributed by atoms with Crippen LogP contribution in [-0.4, -0.2) is 0 Å². The van der Waals surface area contributed by atoms with Crippen molar-refractivity contribution in [3.8, 4) is 0 Å². The molecular formula is C16H15BrFN. The van der Waals surface area contributed by atoms with Crippen LogP contribution in [0.1, 0.15) is 23.1 Å². The lowest BCUT2D eigenvalue weighted by atomic mass is 9.86. The summed E-state index contributed by atoms with van der Waals surface area (Å²) in [6, 6.07) is 13.1. The van der Waals surface area contributed by atoms with Gasteiger partial charge in [-0.05, 0) is 54.2 Å². The minimum absolute atomic E-state index is 0.215. The third kappa shape index (κ3) is 2.33. The second-order valence-corrected chi connectivity index (χ2v) is 6.08. The van der Waals surface area contributed by atoms with E-state index in [9.17, 15) is 4.39 Å². The topological polar surface area (TPSA) is 26.0 Å². The highest BCUT2D eigenvalue weighted by Crippen LogP contribution is 2.38. The van der Waals surface area contributed by atoms with E-state index in [0.29, 0.717) is 6.42 Å². The Morgan fingerprint density at radius 2 is 2.00 bits per heavy atom. The Labute approximate surface area is 120 Å². The maximum atomic E-state index is 13.4. The molecule has 1 aliphatic rings. The van der Waals surface area contributed by atoms with E-state index in [0.717, 1.165) is 22.9 Å². The van der Waals surface area contributed by atoms with Gasteiger partial charge in [-0.3, -0.25) is 0 Å². The highest BCUT2D eigenvalue weighted by atomic mass is 79.9. The summed E-state index contributed by atoms with van der Waals surface area (Å²) in [4.78, 5) is 0. The Balaban J connectivity index is 1.98. The van der Waals surface area contributed by atoms with Gasteiger partial charge in [0.25, 0.3) is 0 Å². The fraction of sp³-hybridized carbons (Fsp3) is 0.250. The van der Waals surface area contributed by atoms with Crippen LogP contribution in [0.3, 0.4) is 0 Å². The van der Waals surface area contributed by atoms with Gasteiger partial charge in [0.1, 0.15) is 5.82 Å². The molecule has 1 atom stereocenters. The monoisotopic (exact) mass is 319 g/mol. The molecule has 2 aromatic rings. The van der Waals surface area contributed by atoms with Gasteiger partial charge >= 0.3 is 0 Å². The van der Waals surface area contributed by atoms with Gasteiger partial charge in [-0.2, -0.15) is 0 Å². The number of halogens is 2. The molecule has 0 amide bonds. The third-order valence-corrected chi connectivity index (χ3v) is 4.68. The van der Waals surface area contributed by atoms with E-state index in [-0.39, 0.29) is 11.4 Å². The molecule has 3 rings (SSSR count). The Morgan fingerprint density at radius 1 is 1.21 bits per heavy atom. The first kappa shape index (κ1) is 12.8. The zero-order valence-electron chi connectivity index (χ0n) is 10.5.